The maximum atomic E-state index is 10.2. The molecule has 5 heteroatoms. The Morgan fingerprint density at radius 3 is 2.86 bits per heavy atom. The summed E-state index contributed by atoms with van der Waals surface area (Å²) in [6.45, 7) is 4.08. The lowest BCUT2D eigenvalue weighted by molar-refractivity contribution is 0.473. The predicted octanol–water partition coefficient (Wildman–Crippen LogP) is 5.12. The van der Waals surface area contributed by atoms with E-state index in [1.165, 1.54) is 0 Å². The van der Waals surface area contributed by atoms with Crippen LogP contribution >= 0.6 is 0 Å². The number of allylic oxidation sites excluding steroid dienone is 2. The third kappa shape index (κ3) is 2.21. The van der Waals surface area contributed by atoms with Crippen molar-refractivity contribution in [1.82, 2.24) is 10.2 Å². The lowest BCUT2D eigenvalue weighted by atomic mass is 9.86. The molecule has 5 rings (SSSR count). The number of nitrogens with zero attached hydrogens (tertiary/aromatic N) is 2. The number of aryl methyl sites for hydroxylation is 1. The minimum Gasteiger partial charge on any atom is -0.508 e. The van der Waals surface area contributed by atoms with Crippen LogP contribution in [0.4, 0.5) is 0 Å². The van der Waals surface area contributed by atoms with Gasteiger partial charge in [0.25, 0.3) is 0 Å². The summed E-state index contributed by atoms with van der Waals surface area (Å²) in [5.41, 5.74) is 7.80. The summed E-state index contributed by atoms with van der Waals surface area (Å²) < 4.78 is 5.79. The van der Waals surface area contributed by atoms with E-state index in [0.29, 0.717) is 11.3 Å². The van der Waals surface area contributed by atoms with Gasteiger partial charge in [0.1, 0.15) is 17.6 Å². The van der Waals surface area contributed by atoms with Crippen molar-refractivity contribution < 1.29 is 9.52 Å². The highest BCUT2D eigenvalue weighted by molar-refractivity contribution is 6.02. The summed E-state index contributed by atoms with van der Waals surface area (Å²) in [5, 5.41) is 27.9. The van der Waals surface area contributed by atoms with Crippen LogP contribution in [-0.4, -0.2) is 15.3 Å². The number of nitriles is 1. The quantitative estimate of drug-likeness (QED) is 0.515. The number of H-pyrrole nitrogens is 1. The number of phenols is 1. The molecule has 0 spiro atoms. The smallest absolute Gasteiger partial charge is 0.133 e. The topological polar surface area (TPSA) is 85.8 Å². The Morgan fingerprint density at radius 1 is 1.18 bits per heavy atom. The number of benzene rings is 2. The molecule has 0 radical (unpaired) electrons. The number of aromatic amines is 1. The summed E-state index contributed by atoms with van der Waals surface area (Å²) in [6, 6.07) is 13.6. The SMILES string of the molecule is CC1=C(c2ccc3[nH]ncc3c2)C(c2occc2C#N)c2cc(O)cc(C)c21. The Balaban J connectivity index is 1.82. The first kappa shape index (κ1) is 16.4. The largest absolute Gasteiger partial charge is 0.508 e. The summed E-state index contributed by atoms with van der Waals surface area (Å²) in [4.78, 5) is 0. The fourth-order valence-corrected chi connectivity index (χ4v) is 4.44. The van der Waals surface area contributed by atoms with Crippen LogP contribution < -0.4 is 0 Å². The number of fused-ring (bicyclic) bond motifs is 2. The fraction of sp³-hybridized carbons (Fsp3) is 0.130. The van der Waals surface area contributed by atoms with Gasteiger partial charge < -0.3 is 9.52 Å². The average molecular weight is 367 g/mol. The highest BCUT2D eigenvalue weighted by atomic mass is 16.3. The molecule has 0 amide bonds. The van der Waals surface area contributed by atoms with Crippen LogP contribution in [0.1, 0.15) is 46.4 Å². The highest BCUT2D eigenvalue weighted by Gasteiger charge is 2.36. The number of hydrogen-bond donors (Lipinski definition) is 2. The molecular formula is C23H17N3O2. The minimum absolute atomic E-state index is 0.214. The van der Waals surface area contributed by atoms with Crippen molar-refractivity contribution in [3.05, 3.63) is 82.4 Å². The summed E-state index contributed by atoms with van der Waals surface area (Å²) >= 11 is 0. The maximum absolute atomic E-state index is 10.2. The molecule has 4 aromatic rings. The molecule has 0 saturated heterocycles. The van der Waals surface area contributed by atoms with Gasteiger partial charge in [-0.25, -0.2) is 0 Å². The van der Waals surface area contributed by atoms with Gasteiger partial charge in [-0.1, -0.05) is 6.07 Å². The van der Waals surface area contributed by atoms with E-state index in [-0.39, 0.29) is 11.7 Å². The van der Waals surface area contributed by atoms with E-state index >= 15 is 0 Å². The van der Waals surface area contributed by atoms with Gasteiger partial charge in [-0.15, -0.1) is 0 Å². The number of nitrogens with one attached hydrogen (secondary N) is 1. The molecule has 1 aliphatic carbocycles. The van der Waals surface area contributed by atoms with Gasteiger partial charge in [0.05, 0.1) is 29.5 Å². The van der Waals surface area contributed by atoms with E-state index in [9.17, 15) is 10.4 Å². The number of aromatic nitrogens is 2. The van der Waals surface area contributed by atoms with Crippen molar-refractivity contribution in [2.45, 2.75) is 19.8 Å². The van der Waals surface area contributed by atoms with Crippen LogP contribution in [0.2, 0.25) is 0 Å². The molecule has 2 N–H and O–H groups in total. The van der Waals surface area contributed by atoms with Crippen molar-refractivity contribution in [2.75, 3.05) is 0 Å². The molecule has 136 valence electrons. The molecule has 1 unspecified atom stereocenters. The molecule has 2 heterocycles. The van der Waals surface area contributed by atoms with Gasteiger partial charge in [0.2, 0.25) is 0 Å². The van der Waals surface area contributed by atoms with E-state index in [2.05, 4.69) is 35.3 Å². The third-order valence-corrected chi connectivity index (χ3v) is 5.56. The predicted molar refractivity (Wildman–Crippen MR) is 107 cm³/mol. The van der Waals surface area contributed by atoms with E-state index in [4.69, 9.17) is 4.42 Å². The van der Waals surface area contributed by atoms with Gasteiger partial charge in [-0.05, 0) is 77.6 Å². The first-order valence-electron chi connectivity index (χ1n) is 9.04. The van der Waals surface area contributed by atoms with Crippen LogP contribution in [0.15, 0.2) is 53.3 Å². The van der Waals surface area contributed by atoms with Gasteiger partial charge >= 0.3 is 0 Å². The Kier molecular flexibility index (Phi) is 3.43. The zero-order valence-corrected chi connectivity index (χ0v) is 15.4. The molecule has 0 saturated carbocycles. The average Bonchev–Trinajstić information content (AvgIpc) is 3.37. The second kappa shape index (κ2) is 5.86. The first-order valence-corrected chi connectivity index (χ1v) is 9.04. The van der Waals surface area contributed by atoms with Crippen LogP contribution in [0.3, 0.4) is 0 Å². The zero-order valence-electron chi connectivity index (χ0n) is 15.4. The zero-order chi connectivity index (χ0) is 19.4. The standard InChI is InChI=1S/C23H17N3O2/c1-12-7-17(27)9-18-20(12)13(2)21(22(18)23-15(10-24)5-6-28-23)14-3-4-19-16(8-14)11-25-26-19/h3-9,11,22,27H,1-2H3,(H,25,26). The molecule has 0 aliphatic heterocycles. The molecule has 1 atom stereocenters. The summed E-state index contributed by atoms with van der Waals surface area (Å²) in [7, 11) is 0. The number of hydrogen-bond acceptors (Lipinski definition) is 4. The Bertz CT molecular complexity index is 1320. The molecule has 2 aromatic carbocycles. The Hall–Kier alpha value is -3.78. The number of phenolic OH excluding ortho intramolecular Hbond substituents is 1. The van der Waals surface area contributed by atoms with Crippen molar-refractivity contribution in [2.24, 2.45) is 0 Å². The van der Waals surface area contributed by atoms with Crippen molar-refractivity contribution in [1.29, 1.82) is 5.26 Å². The number of aromatic hydroxyl groups is 1. The van der Waals surface area contributed by atoms with Crippen LogP contribution in [0, 0.1) is 18.3 Å². The lowest BCUT2D eigenvalue weighted by Crippen LogP contribution is -2.02. The van der Waals surface area contributed by atoms with E-state index in [1.54, 1.807) is 30.7 Å². The molecule has 0 fully saturated rings. The van der Waals surface area contributed by atoms with Crippen molar-refractivity contribution in [3.63, 3.8) is 0 Å². The lowest BCUT2D eigenvalue weighted by Gasteiger charge is -2.16. The van der Waals surface area contributed by atoms with Crippen molar-refractivity contribution in [3.8, 4) is 11.8 Å². The Labute approximate surface area is 161 Å². The number of rotatable bonds is 2. The molecular weight excluding hydrogens is 350 g/mol. The second-order valence-corrected chi connectivity index (χ2v) is 7.18. The molecule has 2 aromatic heterocycles. The monoisotopic (exact) mass is 367 g/mol. The van der Waals surface area contributed by atoms with Crippen molar-refractivity contribution >= 4 is 22.0 Å². The van der Waals surface area contributed by atoms with Crippen LogP contribution in [0.5, 0.6) is 5.75 Å². The van der Waals surface area contributed by atoms with Gasteiger partial charge in [-0.2, -0.15) is 10.4 Å². The van der Waals surface area contributed by atoms with Crippen LogP contribution in [0.25, 0.3) is 22.0 Å². The minimum atomic E-state index is -0.255. The summed E-state index contributed by atoms with van der Waals surface area (Å²) in [6.07, 6.45) is 3.35. The second-order valence-electron chi connectivity index (χ2n) is 7.18. The normalized spacial score (nSPS) is 15.8. The Morgan fingerprint density at radius 2 is 2.04 bits per heavy atom. The first-order chi connectivity index (χ1) is 13.6. The highest BCUT2D eigenvalue weighted by Crippen LogP contribution is 2.52. The van der Waals surface area contributed by atoms with E-state index < -0.39 is 0 Å². The molecule has 1 aliphatic rings. The molecule has 28 heavy (non-hydrogen) atoms. The molecule has 0 bridgehead atoms. The van der Waals surface area contributed by atoms with Gasteiger partial charge in [-0.3, -0.25) is 5.10 Å². The van der Waals surface area contributed by atoms with Gasteiger partial charge in [0, 0.05) is 5.39 Å². The number of furan rings is 1. The third-order valence-electron chi connectivity index (χ3n) is 5.56. The van der Waals surface area contributed by atoms with Gasteiger partial charge in [0.15, 0.2) is 0 Å². The van der Waals surface area contributed by atoms with Crippen LogP contribution in [-0.2, 0) is 0 Å². The summed E-state index contributed by atoms with van der Waals surface area (Å²) in [5.74, 6) is 0.563. The van der Waals surface area contributed by atoms with E-state index in [1.807, 2.05) is 13.0 Å². The van der Waals surface area contributed by atoms with E-state index in [0.717, 1.165) is 44.3 Å². The molecule has 5 nitrogen and oxygen atoms in total. The maximum Gasteiger partial charge on any atom is 0.133 e. The fourth-order valence-electron chi connectivity index (χ4n) is 4.44.